The molecule has 0 aliphatic carbocycles. The van der Waals surface area contributed by atoms with Crippen LogP contribution in [-0.2, 0) is 4.79 Å². The summed E-state index contributed by atoms with van der Waals surface area (Å²) in [6, 6.07) is 6.06. The lowest BCUT2D eigenvalue weighted by atomic mass is 10.3. The molecule has 1 amide bonds. The van der Waals surface area contributed by atoms with Gasteiger partial charge in [0, 0.05) is 26.2 Å². The summed E-state index contributed by atoms with van der Waals surface area (Å²) < 4.78 is 18.7. The van der Waals surface area contributed by atoms with Gasteiger partial charge in [-0.1, -0.05) is 12.1 Å². The number of carbonyl (C=O) groups excluding carboxylic acids is 1. The maximum Gasteiger partial charge on any atom is 0.260 e. The predicted molar refractivity (Wildman–Crippen MR) is 76.6 cm³/mol. The van der Waals surface area contributed by atoms with Crippen LogP contribution >= 0.6 is 0 Å². The molecule has 21 heavy (non-hydrogen) atoms. The lowest BCUT2D eigenvalue weighted by Gasteiger charge is -2.21. The fraction of sp³-hybridized carbons (Fsp3) is 0.533. The highest BCUT2D eigenvalue weighted by Gasteiger charge is 2.19. The molecule has 1 aliphatic heterocycles. The number of para-hydroxylation sites is 1. The Labute approximate surface area is 123 Å². The zero-order valence-electron chi connectivity index (χ0n) is 12.0. The Bertz CT molecular complexity index is 470. The quantitative estimate of drug-likeness (QED) is 0.870. The number of hydrogen-bond acceptors (Lipinski definition) is 4. The average Bonchev–Trinajstić information content (AvgIpc) is 2.72. The van der Waals surface area contributed by atoms with E-state index < -0.39 is 5.82 Å². The van der Waals surface area contributed by atoms with Crippen molar-refractivity contribution in [3.05, 3.63) is 30.1 Å². The number of rotatable bonds is 5. The fourth-order valence-corrected chi connectivity index (χ4v) is 2.38. The van der Waals surface area contributed by atoms with Gasteiger partial charge in [-0.15, -0.1) is 0 Å². The highest BCUT2D eigenvalue weighted by molar-refractivity contribution is 5.77. The first-order chi connectivity index (χ1) is 10.2. The van der Waals surface area contributed by atoms with Gasteiger partial charge in [-0.05, 0) is 25.1 Å². The molecular weight excluding hydrogens is 275 g/mol. The summed E-state index contributed by atoms with van der Waals surface area (Å²) in [5.41, 5.74) is 0. The van der Waals surface area contributed by atoms with Gasteiger partial charge in [0.25, 0.3) is 5.91 Å². The number of aliphatic hydroxyl groups excluding tert-OH is 1. The molecule has 1 N–H and O–H groups in total. The summed E-state index contributed by atoms with van der Waals surface area (Å²) in [5, 5.41) is 8.94. The lowest BCUT2D eigenvalue weighted by Crippen LogP contribution is -2.38. The number of ether oxygens (including phenoxy) is 1. The van der Waals surface area contributed by atoms with E-state index in [9.17, 15) is 9.18 Å². The number of benzene rings is 1. The predicted octanol–water partition coefficient (Wildman–Crippen LogP) is 0.731. The van der Waals surface area contributed by atoms with E-state index in [1.807, 2.05) is 0 Å². The van der Waals surface area contributed by atoms with Gasteiger partial charge in [0.05, 0.1) is 6.61 Å². The Balaban J connectivity index is 1.82. The van der Waals surface area contributed by atoms with Crippen LogP contribution in [-0.4, -0.2) is 66.8 Å². The molecule has 1 aliphatic rings. The summed E-state index contributed by atoms with van der Waals surface area (Å²) in [4.78, 5) is 16.0. The smallest absolute Gasteiger partial charge is 0.260 e. The molecule has 6 heteroatoms. The molecule has 0 aromatic heterocycles. The van der Waals surface area contributed by atoms with Gasteiger partial charge < -0.3 is 14.7 Å². The van der Waals surface area contributed by atoms with Crippen molar-refractivity contribution in [1.29, 1.82) is 0 Å². The first-order valence-electron chi connectivity index (χ1n) is 7.19. The number of halogens is 1. The van der Waals surface area contributed by atoms with Crippen LogP contribution in [0.1, 0.15) is 6.42 Å². The monoisotopic (exact) mass is 296 g/mol. The molecule has 0 saturated carbocycles. The minimum atomic E-state index is -0.463. The van der Waals surface area contributed by atoms with Crippen molar-refractivity contribution >= 4 is 5.91 Å². The van der Waals surface area contributed by atoms with E-state index in [0.717, 1.165) is 19.5 Å². The summed E-state index contributed by atoms with van der Waals surface area (Å²) in [7, 11) is 0. The second-order valence-corrected chi connectivity index (χ2v) is 5.02. The van der Waals surface area contributed by atoms with Crippen molar-refractivity contribution < 1.29 is 19.0 Å². The van der Waals surface area contributed by atoms with Crippen LogP contribution < -0.4 is 4.74 Å². The molecule has 1 aromatic carbocycles. The summed E-state index contributed by atoms with van der Waals surface area (Å²) >= 11 is 0. The van der Waals surface area contributed by atoms with Gasteiger partial charge in [0.15, 0.2) is 18.2 Å². The number of amides is 1. The molecular formula is C15H21FN2O3. The maximum atomic E-state index is 13.4. The van der Waals surface area contributed by atoms with Crippen LogP contribution in [0.15, 0.2) is 24.3 Å². The molecule has 0 unspecified atom stereocenters. The summed E-state index contributed by atoms with van der Waals surface area (Å²) in [6.07, 6.45) is 0.867. The molecule has 0 spiro atoms. The molecule has 1 saturated heterocycles. The van der Waals surface area contributed by atoms with E-state index in [4.69, 9.17) is 9.84 Å². The Kier molecular flexibility index (Phi) is 5.95. The van der Waals surface area contributed by atoms with Crippen LogP contribution in [0.2, 0.25) is 0 Å². The van der Waals surface area contributed by atoms with Crippen molar-refractivity contribution in [2.45, 2.75) is 6.42 Å². The SMILES string of the molecule is O=C(COc1ccccc1F)N1CCCN(CCO)CC1. The van der Waals surface area contributed by atoms with Crippen LogP contribution in [0, 0.1) is 5.82 Å². The van der Waals surface area contributed by atoms with Gasteiger partial charge in [0.1, 0.15) is 0 Å². The van der Waals surface area contributed by atoms with Crippen molar-refractivity contribution in [2.24, 2.45) is 0 Å². The molecule has 1 aromatic rings. The third kappa shape index (κ3) is 4.68. The Morgan fingerprint density at radius 1 is 1.24 bits per heavy atom. The van der Waals surface area contributed by atoms with Crippen molar-refractivity contribution in [2.75, 3.05) is 45.9 Å². The van der Waals surface area contributed by atoms with E-state index in [1.165, 1.54) is 12.1 Å². The second kappa shape index (κ2) is 7.95. The van der Waals surface area contributed by atoms with Crippen LogP contribution in [0.3, 0.4) is 0 Å². The highest BCUT2D eigenvalue weighted by Crippen LogP contribution is 2.15. The lowest BCUT2D eigenvalue weighted by molar-refractivity contribution is -0.133. The first kappa shape index (κ1) is 15.7. The second-order valence-electron chi connectivity index (χ2n) is 5.02. The van der Waals surface area contributed by atoms with Gasteiger partial charge >= 0.3 is 0 Å². The molecule has 2 rings (SSSR count). The molecule has 0 radical (unpaired) electrons. The van der Waals surface area contributed by atoms with Crippen LogP contribution in [0.25, 0.3) is 0 Å². The summed E-state index contributed by atoms with van der Waals surface area (Å²) in [6.45, 7) is 3.50. The van der Waals surface area contributed by atoms with Crippen molar-refractivity contribution in [1.82, 2.24) is 9.80 Å². The minimum absolute atomic E-state index is 0.0996. The molecule has 1 fully saturated rings. The van der Waals surface area contributed by atoms with Gasteiger partial charge in [-0.3, -0.25) is 9.69 Å². The molecule has 0 bridgehead atoms. The first-order valence-corrected chi connectivity index (χ1v) is 7.19. The van der Waals surface area contributed by atoms with E-state index in [2.05, 4.69) is 4.90 Å². The molecule has 5 nitrogen and oxygen atoms in total. The number of nitrogens with zero attached hydrogens (tertiary/aromatic N) is 2. The molecule has 1 heterocycles. The third-order valence-corrected chi connectivity index (χ3v) is 3.55. The Morgan fingerprint density at radius 3 is 2.81 bits per heavy atom. The van der Waals surface area contributed by atoms with Crippen LogP contribution in [0.4, 0.5) is 4.39 Å². The van der Waals surface area contributed by atoms with Crippen molar-refractivity contribution in [3.8, 4) is 5.75 Å². The van der Waals surface area contributed by atoms with E-state index in [0.29, 0.717) is 19.6 Å². The van der Waals surface area contributed by atoms with E-state index in [1.54, 1.807) is 17.0 Å². The van der Waals surface area contributed by atoms with E-state index >= 15 is 0 Å². The fourth-order valence-electron chi connectivity index (χ4n) is 2.38. The van der Waals surface area contributed by atoms with Crippen LogP contribution in [0.5, 0.6) is 5.75 Å². The average molecular weight is 296 g/mol. The molecule has 116 valence electrons. The van der Waals surface area contributed by atoms with Gasteiger partial charge in [-0.25, -0.2) is 4.39 Å². The number of β-amino-alcohol motifs (C(OH)–C–C–N with tert-alkyl or cyclic N) is 1. The third-order valence-electron chi connectivity index (χ3n) is 3.55. The zero-order chi connectivity index (χ0) is 15.1. The largest absolute Gasteiger partial charge is 0.481 e. The Hall–Kier alpha value is -1.66. The van der Waals surface area contributed by atoms with E-state index in [-0.39, 0.29) is 24.9 Å². The standard InChI is InChI=1S/C15H21FN2O3/c16-13-4-1-2-5-14(13)21-12-15(20)18-7-3-6-17(8-9-18)10-11-19/h1-2,4-5,19H,3,6-12H2. The van der Waals surface area contributed by atoms with Gasteiger partial charge in [-0.2, -0.15) is 0 Å². The van der Waals surface area contributed by atoms with Crippen molar-refractivity contribution in [3.63, 3.8) is 0 Å². The Morgan fingerprint density at radius 2 is 2.05 bits per heavy atom. The number of aliphatic hydroxyl groups is 1. The highest BCUT2D eigenvalue weighted by atomic mass is 19.1. The molecule has 0 atom stereocenters. The van der Waals surface area contributed by atoms with Gasteiger partial charge in [0.2, 0.25) is 0 Å². The number of hydrogen-bond donors (Lipinski definition) is 1. The topological polar surface area (TPSA) is 53.0 Å². The normalized spacial score (nSPS) is 16.6. The maximum absolute atomic E-state index is 13.4. The zero-order valence-corrected chi connectivity index (χ0v) is 12.0. The number of carbonyl (C=O) groups is 1. The minimum Gasteiger partial charge on any atom is -0.481 e. The summed E-state index contributed by atoms with van der Waals surface area (Å²) in [5.74, 6) is -0.498.